The zero-order valence-corrected chi connectivity index (χ0v) is 14.2. The number of rotatable bonds is 14. The molecule has 0 heterocycles. The number of aldehydes is 1. The summed E-state index contributed by atoms with van der Waals surface area (Å²) in [5.41, 5.74) is 1.21. The third-order valence-corrected chi connectivity index (χ3v) is 3.99. The van der Waals surface area contributed by atoms with E-state index in [2.05, 4.69) is 13.5 Å². The summed E-state index contributed by atoms with van der Waals surface area (Å²) >= 11 is 0. The lowest BCUT2D eigenvalue weighted by molar-refractivity contribution is -0.115. The normalized spacial score (nSPS) is 11.6. The minimum Gasteiger partial charge on any atom is -0.303 e. The van der Waals surface area contributed by atoms with E-state index in [1.54, 1.807) is 0 Å². The van der Waals surface area contributed by atoms with Gasteiger partial charge in [-0.3, -0.25) is 0 Å². The molecular weight excluding hydrogens is 244 g/mol. The van der Waals surface area contributed by atoms with Crippen molar-refractivity contribution in [2.45, 2.75) is 97.8 Å². The van der Waals surface area contributed by atoms with Crippen molar-refractivity contribution in [2.24, 2.45) is 5.41 Å². The number of hydrogen-bond acceptors (Lipinski definition) is 1. The quantitative estimate of drug-likeness (QED) is 0.202. The van der Waals surface area contributed by atoms with Crippen LogP contribution in [0.15, 0.2) is 12.2 Å². The third-order valence-electron chi connectivity index (χ3n) is 3.99. The molecule has 0 rings (SSSR count). The number of carbonyl (C=O) groups excluding carboxylic acids is 1. The fourth-order valence-electron chi connectivity index (χ4n) is 2.48. The second-order valence-electron chi connectivity index (χ2n) is 7.10. The highest BCUT2D eigenvalue weighted by molar-refractivity contribution is 5.57. The van der Waals surface area contributed by atoms with Crippen LogP contribution in [0.4, 0.5) is 0 Å². The summed E-state index contributed by atoms with van der Waals surface area (Å²) in [7, 11) is 0. The van der Waals surface area contributed by atoms with Gasteiger partial charge in [0.25, 0.3) is 0 Å². The molecule has 0 aliphatic carbocycles. The van der Waals surface area contributed by atoms with Gasteiger partial charge < -0.3 is 4.79 Å². The zero-order valence-electron chi connectivity index (χ0n) is 14.2. The van der Waals surface area contributed by atoms with Gasteiger partial charge in [-0.05, 0) is 26.2 Å². The molecule has 0 bridgehead atoms. The van der Waals surface area contributed by atoms with E-state index in [0.717, 1.165) is 12.7 Å². The Labute approximate surface area is 127 Å². The van der Waals surface area contributed by atoms with Gasteiger partial charge in [0.15, 0.2) is 0 Å². The SMILES string of the molecule is C=C(C)CCCCCCCCCCCCC(C)(C)C=O. The van der Waals surface area contributed by atoms with Crippen LogP contribution in [0.2, 0.25) is 0 Å². The molecule has 0 aromatic heterocycles. The standard InChI is InChI=1S/C19H36O/c1-18(2)15-13-11-9-7-5-6-8-10-12-14-16-19(3,4)17-20/h17H,1,5-16H2,2-4H3. The van der Waals surface area contributed by atoms with Crippen LogP contribution in [-0.4, -0.2) is 6.29 Å². The molecule has 0 radical (unpaired) electrons. The monoisotopic (exact) mass is 280 g/mol. The van der Waals surface area contributed by atoms with E-state index in [9.17, 15) is 4.79 Å². The minimum absolute atomic E-state index is 0.107. The van der Waals surface area contributed by atoms with Crippen molar-refractivity contribution in [1.29, 1.82) is 0 Å². The average Bonchev–Trinajstić information content (AvgIpc) is 2.39. The Morgan fingerprint density at radius 3 is 1.65 bits per heavy atom. The van der Waals surface area contributed by atoms with E-state index in [1.807, 2.05) is 13.8 Å². The van der Waals surface area contributed by atoms with Crippen LogP contribution in [0, 0.1) is 5.41 Å². The number of allylic oxidation sites excluding steroid dienone is 1. The van der Waals surface area contributed by atoms with E-state index in [4.69, 9.17) is 0 Å². The molecular formula is C19H36O. The van der Waals surface area contributed by atoms with Crippen molar-refractivity contribution in [3.05, 3.63) is 12.2 Å². The van der Waals surface area contributed by atoms with Gasteiger partial charge in [-0.15, -0.1) is 6.58 Å². The van der Waals surface area contributed by atoms with Gasteiger partial charge in [0.2, 0.25) is 0 Å². The first-order chi connectivity index (χ1) is 9.48. The van der Waals surface area contributed by atoms with Crippen molar-refractivity contribution in [3.8, 4) is 0 Å². The zero-order chi connectivity index (χ0) is 15.3. The number of unbranched alkanes of at least 4 members (excludes halogenated alkanes) is 9. The summed E-state index contributed by atoms with van der Waals surface area (Å²) < 4.78 is 0. The largest absolute Gasteiger partial charge is 0.303 e. The fourth-order valence-corrected chi connectivity index (χ4v) is 2.48. The van der Waals surface area contributed by atoms with Crippen LogP contribution in [0.25, 0.3) is 0 Å². The van der Waals surface area contributed by atoms with Crippen molar-refractivity contribution in [1.82, 2.24) is 0 Å². The summed E-state index contributed by atoms with van der Waals surface area (Å²) in [6.45, 7) is 10.1. The number of carbonyl (C=O) groups is 1. The van der Waals surface area contributed by atoms with Crippen molar-refractivity contribution in [2.75, 3.05) is 0 Å². The van der Waals surface area contributed by atoms with E-state index >= 15 is 0 Å². The van der Waals surface area contributed by atoms with Gasteiger partial charge in [-0.25, -0.2) is 0 Å². The Morgan fingerprint density at radius 2 is 1.25 bits per heavy atom. The van der Waals surface area contributed by atoms with Crippen LogP contribution < -0.4 is 0 Å². The molecule has 0 unspecified atom stereocenters. The Balaban J connectivity index is 3.14. The van der Waals surface area contributed by atoms with Crippen molar-refractivity contribution < 1.29 is 4.79 Å². The first kappa shape index (κ1) is 19.4. The molecule has 0 aliphatic heterocycles. The predicted octanol–water partition coefficient (Wildman–Crippen LogP) is 6.47. The maximum Gasteiger partial charge on any atom is 0.125 e. The minimum atomic E-state index is -0.107. The first-order valence-electron chi connectivity index (χ1n) is 8.59. The summed E-state index contributed by atoms with van der Waals surface area (Å²) in [5.74, 6) is 0. The Bertz CT molecular complexity index is 252. The highest BCUT2D eigenvalue weighted by Crippen LogP contribution is 2.21. The van der Waals surface area contributed by atoms with Gasteiger partial charge >= 0.3 is 0 Å². The third kappa shape index (κ3) is 13.8. The van der Waals surface area contributed by atoms with E-state index in [1.165, 1.54) is 76.2 Å². The maximum absolute atomic E-state index is 10.8. The Hall–Kier alpha value is -0.590. The van der Waals surface area contributed by atoms with Crippen molar-refractivity contribution >= 4 is 6.29 Å². The van der Waals surface area contributed by atoms with Crippen LogP contribution in [0.1, 0.15) is 97.8 Å². The van der Waals surface area contributed by atoms with Gasteiger partial charge in [0.1, 0.15) is 6.29 Å². The molecule has 0 amide bonds. The molecule has 1 heteroatoms. The highest BCUT2D eigenvalue weighted by atomic mass is 16.1. The van der Waals surface area contributed by atoms with Crippen LogP contribution in [-0.2, 0) is 4.79 Å². The molecule has 0 aliphatic rings. The van der Waals surface area contributed by atoms with Gasteiger partial charge in [-0.2, -0.15) is 0 Å². The molecule has 0 atom stereocenters. The van der Waals surface area contributed by atoms with E-state index in [0.29, 0.717) is 0 Å². The van der Waals surface area contributed by atoms with Crippen LogP contribution >= 0.6 is 0 Å². The summed E-state index contributed by atoms with van der Waals surface area (Å²) in [5, 5.41) is 0. The molecule has 0 N–H and O–H groups in total. The molecule has 118 valence electrons. The summed E-state index contributed by atoms with van der Waals surface area (Å²) in [6, 6.07) is 0. The molecule has 20 heavy (non-hydrogen) atoms. The second-order valence-corrected chi connectivity index (χ2v) is 7.10. The van der Waals surface area contributed by atoms with Crippen LogP contribution in [0.5, 0.6) is 0 Å². The van der Waals surface area contributed by atoms with E-state index < -0.39 is 0 Å². The Kier molecular flexibility index (Phi) is 11.8. The smallest absolute Gasteiger partial charge is 0.125 e. The molecule has 0 aromatic carbocycles. The number of hydrogen-bond donors (Lipinski definition) is 0. The molecule has 0 spiro atoms. The molecule has 0 saturated heterocycles. The highest BCUT2D eigenvalue weighted by Gasteiger charge is 2.14. The topological polar surface area (TPSA) is 17.1 Å². The van der Waals surface area contributed by atoms with Gasteiger partial charge in [0.05, 0.1) is 0 Å². The first-order valence-corrected chi connectivity index (χ1v) is 8.59. The van der Waals surface area contributed by atoms with Crippen molar-refractivity contribution in [3.63, 3.8) is 0 Å². The second kappa shape index (κ2) is 12.2. The summed E-state index contributed by atoms with van der Waals surface area (Å²) in [6.07, 6.45) is 16.8. The molecule has 0 saturated carbocycles. The van der Waals surface area contributed by atoms with E-state index in [-0.39, 0.29) is 5.41 Å². The summed E-state index contributed by atoms with van der Waals surface area (Å²) in [4.78, 5) is 10.8. The lowest BCUT2D eigenvalue weighted by Crippen LogP contribution is -2.12. The molecule has 0 fully saturated rings. The van der Waals surface area contributed by atoms with Gasteiger partial charge in [-0.1, -0.05) is 77.2 Å². The lowest BCUT2D eigenvalue weighted by Gasteiger charge is -2.15. The average molecular weight is 280 g/mol. The van der Waals surface area contributed by atoms with Crippen LogP contribution in [0.3, 0.4) is 0 Å². The maximum atomic E-state index is 10.8. The lowest BCUT2D eigenvalue weighted by atomic mass is 9.88. The van der Waals surface area contributed by atoms with Gasteiger partial charge in [0, 0.05) is 5.41 Å². The predicted molar refractivity (Wildman–Crippen MR) is 90.1 cm³/mol. The molecule has 0 aromatic rings. The Morgan fingerprint density at radius 1 is 0.850 bits per heavy atom. The molecule has 1 nitrogen and oxygen atoms in total. The fraction of sp³-hybridized carbons (Fsp3) is 0.842.